The molecule has 1 atom stereocenters. The van der Waals surface area contributed by atoms with Gasteiger partial charge in [0.25, 0.3) is 0 Å². The van der Waals surface area contributed by atoms with Crippen LogP contribution in [-0.4, -0.2) is 40.7 Å². The molecule has 0 saturated carbocycles. The molecular formula is C11H18N4O2. The predicted molar refractivity (Wildman–Crippen MR) is 62.4 cm³/mol. The standard InChI is InChI=1S/C11H18N4O2/c1-14-7-13-8-4-6-15(11(16)17-2)9(3-5-12)10(8)14/h7,9H,3-6,12H2,1-2H3. The minimum Gasteiger partial charge on any atom is -0.453 e. The van der Waals surface area contributed by atoms with E-state index in [0.29, 0.717) is 13.1 Å². The lowest BCUT2D eigenvalue weighted by molar-refractivity contribution is 0.0967. The quantitative estimate of drug-likeness (QED) is 0.811. The molecule has 17 heavy (non-hydrogen) atoms. The summed E-state index contributed by atoms with van der Waals surface area (Å²) < 4.78 is 6.78. The van der Waals surface area contributed by atoms with E-state index in [2.05, 4.69) is 4.98 Å². The van der Waals surface area contributed by atoms with Crippen molar-refractivity contribution < 1.29 is 9.53 Å². The molecule has 1 unspecified atom stereocenters. The van der Waals surface area contributed by atoms with Crippen molar-refractivity contribution in [2.45, 2.75) is 18.9 Å². The van der Waals surface area contributed by atoms with Crippen LogP contribution in [0, 0.1) is 0 Å². The number of nitrogens with zero attached hydrogens (tertiary/aromatic N) is 3. The van der Waals surface area contributed by atoms with Crippen LogP contribution in [0.5, 0.6) is 0 Å². The number of amides is 1. The first-order chi connectivity index (χ1) is 8.19. The lowest BCUT2D eigenvalue weighted by Crippen LogP contribution is -2.41. The van der Waals surface area contributed by atoms with E-state index in [-0.39, 0.29) is 12.1 Å². The highest BCUT2D eigenvalue weighted by Gasteiger charge is 2.33. The Morgan fingerprint density at radius 2 is 2.47 bits per heavy atom. The molecule has 0 aliphatic carbocycles. The number of carbonyl (C=O) groups is 1. The maximum atomic E-state index is 11.7. The number of rotatable bonds is 2. The number of aromatic nitrogens is 2. The van der Waals surface area contributed by atoms with Crippen molar-refractivity contribution in [2.24, 2.45) is 12.8 Å². The number of imidazole rings is 1. The molecule has 2 rings (SSSR count). The lowest BCUT2D eigenvalue weighted by atomic mass is 10.00. The number of nitrogens with two attached hydrogens (primary N) is 1. The van der Waals surface area contributed by atoms with Gasteiger partial charge in [0, 0.05) is 20.0 Å². The molecule has 0 bridgehead atoms. The number of hydrogen-bond acceptors (Lipinski definition) is 4. The average Bonchev–Trinajstić information content (AvgIpc) is 2.71. The van der Waals surface area contributed by atoms with Crippen LogP contribution in [0.4, 0.5) is 4.79 Å². The van der Waals surface area contributed by atoms with Gasteiger partial charge in [-0.05, 0) is 13.0 Å². The molecule has 6 heteroatoms. The highest BCUT2D eigenvalue weighted by Crippen LogP contribution is 2.31. The van der Waals surface area contributed by atoms with Gasteiger partial charge in [-0.2, -0.15) is 0 Å². The summed E-state index contributed by atoms with van der Waals surface area (Å²) in [5.41, 5.74) is 7.77. The average molecular weight is 238 g/mol. The van der Waals surface area contributed by atoms with Crippen molar-refractivity contribution in [1.29, 1.82) is 0 Å². The molecule has 1 aromatic rings. The monoisotopic (exact) mass is 238 g/mol. The zero-order valence-electron chi connectivity index (χ0n) is 10.2. The van der Waals surface area contributed by atoms with E-state index >= 15 is 0 Å². The smallest absolute Gasteiger partial charge is 0.410 e. The van der Waals surface area contributed by atoms with Crippen LogP contribution in [0.25, 0.3) is 0 Å². The van der Waals surface area contributed by atoms with Gasteiger partial charge < -0.3 is 15.0 Å². The number of hydrogen-bond donors (Lipinski definition) is 1. The zero-order valence-corrected chi connectivity index (χ0v) is 10.2. The molecular weight excluding hydrogens is 220 g/mol. The molecule has 0 aromatic carbocycles. The third-order valence-electron chi connectivity index (χ3n) is 3.19. The number of fused-ring (bicyclic) bond motifs is 1. The second-order valence-electron chi connectivity index (χ2n) is 4.19. The van der Waals surface area contributed by atoms with Gasteiger partial charge in [0.2, 0.25) is 0 Å². The Balaban J connectivity index is 2.34. The summed E-state index contributed by atoms with van der Waals surface area (Å²) >= 11 is 0. The van der Waals surface area contributed by atoms with Crippen molar-refractivity contribution in [1.82, 2.24) is 14.5 Å². The van der Waals surface area contributed by atoms with E-state index in [0.717, 1.165) is 24.2 Å². The Morgan fingerprint density at radius 3 is 3.12 bits per heavy atom. The number of methoxy groups -OCH3 is 1. The highest BCUT2D eigenvalue weighted by atomic mass is 16.5. The third-order valence-corrected chi connectivity index (χ3v) is 3.19. The Kier molecular flexibility index (Phi) is 3.33. The molecule has 1 amide bonds. The second kappa shape index (κ2) is 4.75. The molecule has 2 heterocycles. The Labute approximate surface area is 100 Å². The van der Waals surface area contributed by atoms with Crippen LogP contribution in [0.3, 0.4) is 0 Å². The van der Waals surface area contributed by atoms with Gasteiger partial charge in [0.05, 0.1) is 30.9 Å². The molecule has 0 spiro atoms. The van der Waals surface area contributed by atoms with E-state index in [1.54, 1.807) is 11.2 Å². The summed E-state index contributed by atoms with van der Waals surface area (Å²) in [7, 11) is 3.34. The predicted octanol–water partition coefficient (Wildman–Crippen LogP) is 0.434. The van der Waals surface area contributed by atoms with Gasteiger partial charge in [-0.3, -0.25) is 4.90 Å². The van der Waals surface area contributed by atoms with Crippen molar-refractivity contribution in [3.63, 3.8) is 0 Å². The largest absolute Gasteiger partial charge is 0.453 e. The summed E-state index contributed by atoms with van der Waals surface area (Å²) in [6.45, 7) is 1.17. The van der Waals surface area contributed by atoms with E-state index in [1.807, 2.05) is 11.6 Å². The van der Waals surface area contributed by atoms with Gasteiger partial charge in [-0.15, -0.1) is 0 Å². The second-order valence-corrected chi connectivity index (χ2v) is 4.19. The van der Waals surface area contributed by atoms with Crippen LogP contribution in [-0.2, 0) is 18.2 Å². The molecule has 0 fully saturated rings. The Morgan fingerprint density at radius 1 is 1.71 bits per heavy atom. The Bertz CT molecular complexity index is 416. The van der Waals surface area contributed by atoms with Gasteiger partial charge >= 0.3 is 6.09 Å². The molecule has 1 aliphatic heterocycles. The first kappa shape index (κ1) is 11.9. The molecule has 1 aliphatic rings. The van der Waals surface area contributed by atoms with Crippen LogP contribution in [0.15, 0.2) is 6.33 Å². The van der Waals surface area contributed by atoms with E-state index in [9.17, 15) is 4.79 Å². The van der Waals surface area contributed by atoms with Crippen LogP contribution in [0.1, 0.15) is 23.9 Å². The SMILES string of the molecule is COC(=O)N1CCc2ncn(C)c2C1CCN. The third kappa shape index (κ3) is 2.00. The fraction of sp³-hybridized carbons (Fsp3) is 0.636. The summed E-state index contributed by atoms with van der Waals surface area (Å²) in [5, 5.41) is 0. The molecule has 2 N–H and O–H groups in total. The minimum absolute atomic E-state index is 0.0244. The molecule has 0 radical (unpaired) electrons. The normalized spacial score (nSPS) is 19.0. The van der Waals surface area contributed by atoms with E-state index in [1.165, 1.54) is 7.11 Å². The fourth-order valence-corrected chi connectivity index (χ4v) is 2.42. The van der Waals surface area contributed by atoms with E-state index < -0.39 is 0 Å². The molecule has 94 valence electrons. The number of ether oxygens (including phenoxy) is 1. The van der Waals surface area contributed by atoms with Crippen molar-refractivity contribution in [3.05, 3.63) is 17.7 Å². The minimum atomic E-state index is -0.296. The number of carbonyl (C=O) groups excluding carboxylic acids is 1. The van der Waals surface area contributed by atoms with Crippen molar-refractivity contribution in [2.75, 3.05) is 20.2 Å². The van der Waals surface area contributed by atoms with Crippen LogP contribution >= 0.6 is 0 Å². The first-order valence-corrected chi connectivity index (χ1v) is 5.73. The molecule has 6 nitrogen and oxygen atoms in total. The van der Waals surface area contributed by atoms with Gasteiger partial charge in [0.15, 0.2) is 0 Å². The van der Waals surface area contributed by atoms with E-state index in [4.69, 9.17) is 10.5 Å². The van der Waals surface area contributed by atoms with Crippen LogP contribution in [0.2, 0.25) is 0 Å². The van der Waals surface area contributed by atoms with Crippen LogP contribution < -0.4 is 5.73 Å². The maximum Gasteiger partial charge on any atom is 0.410 e. The lowest BCUT2D eigenvalue weighted by Gasteiger charge is -2.34. The van der Waals surface area contributed by atoms with Gasteiger partial charge in [0.1, 0.15) is 0 Å². The summed E-state index contributed by atoms with van der Waals surface area (Å²) in [6.07, 6.45) is 2.98. The molecule has 1 aromatic heterocycles. The summed E-state index contributed by atoms with van der Waals surface area (Å²) in [6, 6.07) is -0.0244. The van der Waals surface area contributed by atoms with Crippen molar-refractivity contribution >= 4 is 6.09 Å². The zero-order chi connectivity index (χ0) is 12.4. The topological polar surface area (TPSA) is 73.4 Å². The highest BCUT2D eigenvalue weighted by molar-refractivity contribution is 5.68. The van der Waals surface area contributed by atoms with Gasteiger partial charge in [-0.25, -0.2) is 9.78 Å². The molecule has 0 saturated heterocycles. The number of aryl methyl sites for hydroxylation is 1. The summed E-state index contributed by atoms with van der Waals surface area (Å²) in [4.78, 5) is 17.8. The maximum absolute atomic E-state index is 11.7. The van der Waals surface area contributed by atoms with Gasteiger partial charge in [-0.1, -0.05) is 0 Å². The van der Waals surface area contributed by atoms with Crippen molar-refractivity contribution in [3.8, 4) is 0 Å². The fourth-order valence-electron chi connectivity index (χ4n) is 2.42. The summed E-state index contributed by atoms with van der Waals surface area (Å²) in [5.74, 6) is 0. The Hall–Kier alpha value is -1.56. The first-order valence-electron chi connectivity index (χ1n) is 5.73.